The number of Topliss-reactive ketones (excluding diaryl/α,β-unsaturated/α-hetero) is 1. The van der Waals surface area contributed by atoms with Gasteiger partial charge in [0.1, 0.15) is 5.75 Å². The molecular weight excluding hydrogens is 248 g/mol. The first-order valence-electron chi connectivity index (χ1n) is 6.51. The molecule has 0 saturated carbocycles. The molecule has 0 aliphatic rings. The SMILES string of the molecule is COc1ccc(C(=O)CCC#Cc2ccccc2)cc1. The third-order valence-corrected chi connectivity index (χ3v) is 2.90. The van der Waals surface area contributed by atoms with Crippen LogP contribution < -0.4 is 4.74 Å². The third kappa shape index (κ3) is 4.00. The van der Waals surface area contributed by atoms with Crippen molar-refractivity contribution in [3.05, 3.63) is 65.7 Å². The fourth-order valence-electron chi connectivity index (χ4n) is 1.78. The van der Waals surface area contributed by atoms with Crippen LogP contribution in [0.1, 0.15) is 28.8 Å². The maximum absolute atomic E-state index is 11.9. The number of ether oxygens (including phenoxy) is 1. The van der Waals surface area contributed by atoms with Crippen LogP contribution in [0.15, 0.2) is 54.6 Å². The van der Waals surface area contributed by atoms with E-state index in [1.54, 1.807) is 31.4 Å². The van der Waals surface area contributed by atoms with Crippen LogP contribution in [-0.4, -0.2) is 12.9 Å². The van der Waals surface area contributed by atoms with Gasteiger partial charge in [-0.2, -0.15) is 0 Å². The summed E-state index contributed by atoms with van der Waals surface area (Å²) in [6, 6.07) is 16.9. The number of hydrogen-bond donors (Lipinski definition) is 0. The molecule has 100 valence electrons. The molecule has 2 heteroatoms. The Balaban J connectivity index is 1.87. The molecule has 0 aliphatic heterocycles. The lowest BCUT2D eigenvalue weighted by Gasteiger charge is -2.01. The first kappa shape index (κ1) is 13.9. The lowest BCUT2D eigenvalue weighted by Crippen LogP contribution is -1.98. The number of carbonyl (C=O) groups is 1. The Labute approximate surface area is 119 Å². The average molecular weight is 264 g/mol. The number of methoxy groups -OCH3 is 1. The summed E-state index contributed by atoms with van der Waals surface area (Å²) in [6.07, 6.45) is 1.01. The molecule has 0 saturated heterocycles. The smallest absolute Gasteiger partial charge is 0.163 e. The van der Waals surface area contributed by atoms with Crippen LogP contribution in [0.3, 0.4) is 0 Å². The first-order valence-corrected chi connectivity index (χ1v) is 6.51. The molecule has 0 aromatic heterocycles. The Morgan fingerprint density at radius 2 is 1.75 bits per heavy atom. The predicted octanol–water partition coefficient (Wildman–Crippen LogP) is 3.71. The molecule has 2 rings (SSSR count). The zero-order chi connectivity index (χ0) is 14.2. The van der Waals surface area contributed by atoms with Gasteiger partial charge in [0.15, 0.2) is 5.78 Å². The Bertz CT molecular complexity index is 616. The van der Waals surface area contributed by atoms with Crippen LogP contribution in [0.2, 0.25) is 0 Å². The van der Waals surface area contributed by atoms with Gasteiger partial charge in [-0.05, 0) is 36.4 Å². The summed E-state index contributed by atoms with van der Waals surface area (Å²) in [7, 11) is 1.61. The minimum atomic E-state index is 0.106. The van der Waals surface area contributed by atoms with Gasteiger partial charge in [0, 0.05) is 24.0 Å². The summed E-state index contributed by atoms with van der Waals surface area (Å²) in [6.45, 7) is 0. The highest BCUT2D eigenvalue weighted by atomic mass is 16.5. The highest BCUT2D eigenvalue weighted by Gasteiger charge is 2.04. The lowest BCUT2D eigenvalue weighted by atomic mass is 10.1. The van der Waals surface area contributed by atoms with Gasteiger partial charge in [0.2, 0.25) is 0 Å². The zero-order valence-corrected chi connectivity index (χ0v) is 11.4. The Morgan fingerprint density at radius 1 is 1.05 bits per heavy atom. The van der Waals surface area contributed by atoms with Crippen LogP contribution in [0.25, 0.3) is 0 Å². The number of benzene rings is 2. The van der Waals surface area contributed by atoms with E-state index in [4.69, 9.17) is 4.74 Å². The molecule has 0 unspecified atom stereocenters. The topological polar surface area (TPSA) is 26.3 Å². The van der Waals surface area contributed by atoms with E-state index in [-0.39, 0.29) is 5.78 Å². The van der Waals surface area contributed by atoms with Crippen LogP contribution in [0.4, 0.5) is 0 Å². The molecule has 2 aromatic carbocycles. The van der Waals surface area contributed by atoms with Crippen molar-refractivity contribution in [2.45, 2.75) is 12.8 Å². The average Bonchev–Trinajstić information content (AvgIpc) is 2.52. The van der Waals surface area contributed by atoms with Crippen LogP contribution >= 0.6 is 0 Å². The van der Waals surface area contributed by atoms with Gasteiger partial charge >= 0.3 is 0 Å². The first-order chi connectivity index (χ1) is 9.79. The van der Waals surface area contributed by atoms with Gasteiger partial charge in [0.05, 0.1) is 7.11 Å². The Hall–Kier alpha value is -2.53. The van der Waals surface area contributed by atoms with Crippen molar-refractivity contribution in [3.8, 4) is 17.6 Å². The number of rotatable bonds is 4. The lowest BCUT2D eigenvalue weighted by molar-refractivity contribution is 0.0984. The molecule has 0 radical (unpaired) electrons. The number of carbonyl (C=O) groups excluding carboxylic acids is 1. The normalized spacial score (nSPS) is 9.45. The van der Waals surface area contributed by atoms with Gasteiger partial charge in [0.25, 0.3) is 0 Å². The van der Waals surface area contributed by atoms with Gasteiger partial charge in [-0.25, -0.2) is 0 Å². The molecule has 0 N–H and O–H groups in total. The fraction of sp³-hybridized carbons (Fsp3) is 0.167. The Kier molecular flexibility index (Phi) is 4.97. The molecule has 0 spiro atoms. The van der Waals surface area contributed by atoms with Crippen molar-refractivity contribution in [2.24, 2.45) is 0 Å². The molecule has 2 aromatic rings. The maximum atomic E-state index is 11.9. The predicted molar refractivity (Wildman–Crippen MR) is 79.9 cm³/mol. The third-order valence-electron chi connectivity index (χ3n) is 2.90. The fourth-order valence-corrected chi connectivity index (χ4v) is 1.78. The molecule has 20 heavy (non-hydrogen) atoms. The van der Waals surface area contributed by atoms with E-state index in [9.17, 15) is 4.79 Å². The van der Waals surface area contributed by atoms with Gasteiger partial charge in [-0.15, -0.1) is 0 Å². The molecule has 0 bridgehead atoms. The van der Waals surface area contributed by atoms with Gasteiger partial charge in [-0.1, -0.05) is 30.0 Å². The van der Waals surface area contributed by atoms with E-state index in [1.165, 1.54) is 0 Å². The van der Waals surface area contributed by atoms with Crippen molar-refractivity contribution in [1.29, 1.82) is 0 Å². The summed E-state index contributed by atoms with van der Waals surface area (Å²) in [5, 5.41) is 0. The quantitative estimate of drug-likeness (QED) is 0.621. The molecule has 0 heterocycles. The Morgan fingerprint density at radius 3 is 2.40 bits per heavy atom. The van der Waals surface area contributed by atoms with Gasteiger partial charge < -0.3 is 4.74 Å². The van der Waals surface area contributed by atoms with Crippen molar-refractivity contribution >= 4 is 5.78 Å². The maximum Gasteiger partial charge on any atom is 0.163 e. The van der Waals surface area contributed by atoms with E-state index in [0.29, 0.717) is 18.4 Å². The summed E-state index contributed by atoms with van der Waals surface area (Å²) in [5.74, 6) is 6.94. The van der Waals surface area contributed by atoms with Crippen LogP contribution in [-0.2, 0) is 0 Å². The van der Waals surface area contributed by atoms with Crippen molar-refractivity contribution in [3.63, 3.8) is 0 Å². The highest BCUT2D eigenvalue weighted by molar-refractivity contribution is 5.96. The standard InChI is InChI=1S/C18H16O2/c1-20-17-13-11-16(12-14-17)18(19)10-6-5-9-15-7-3-2-4-8-15/h2-4,7-8,11-14H,6,10H2,1H3. The minimum Gasteiger partial charge on any atom is -0.497 e. The van der Waals surface area contributed by atoms with Crippen molar-refractivity contribution < 1.29 is 9.53 Å². The van der Waals surface area contributed by atoms with Crippen molar-refractivity contribution in [2.75, 3.05) is 7.11 Å². The number of hydrogen-bond acceptors (Lipinski definition) is 2. The second kappa shape index (κ2) is 7.16. The molecule has 0 amide bonds. The molecule has 0 fully saturated rings. The monoisotopic (exact) mass is 264 g/mol. The van der Waals surface area contributed by atoms with Crippen LogP contribution in [0.5, 0.6) is 5.75 Å². The molecule has 2 nitrogen and oxygen atoms in total. The largest absolute Gasteiger partial charge is 0.497 e. The summed E-state index contributed by atoms with van der Waals surface area (Å²) in [5.41, 5.74) is 1.68. The number of ketones is 1. The van der Waals surface area contributed by atoms with E-state index >= 15 is 0 Å². The van der Waals surface area contributed by atoms with E-state index in [0.717, 1.165) is 11.3 Å². The highest BCUT2D eigenvalue weighted by Crippen LogP contribution is 2.13. The summed E-state index contributed by atoms with van der Waals surface area (Å²) >= 11 is 0. The molecule has 0 aliphatic carbocycles. The second-order valence-electron chi connectivity index (χ2n) is 4.32. The molecule has 0 atom stereocenters. The summed E-state index contributed by atoms with van der Waals surface area (Å²) < 4.78 is 5.06. The van der Waals surface area contributed by atoms with E-state index < -0.39 is 0 Å². The minimum absolute atomic E-state index is 0.106. The zero-order valence-electron chi connectivity index (χ0n) is 11.4. The second-order valence-corrected chi connectivity index (χ2v) is 4.32. The van der Waals surface area contributed by atoms with E-state index in [2.05, 4.69) is 11.8 Å². The van der Waals surface area contributed by atoms with Crippen LogP contribution in [0, 0.1) is 11.8 Å². The van der Waals surface area contributed by atoms with Gasteiger partial charge in [-0.3, -0.25) is 4.79 Å². The van der Waals surface area contributed by atoms with Crippen molar-refractivity contribution in [1.82, 2.24) is 0 Å². The molecular formula is C18H16O2. The van der Waals surface area contributed by atoms with E-state index in [1.807, 2.05) is 30.3 Å². The summed E-state index contributed by atoms with van der Waals surface area (Å²) in [4.78, 5) is 11.9.